The summed E-state index contributed by atoms with van der Waals surface area (Å²) in [5, 5.41) is 18.2. The molecular formula is C36H47FO7. The molecule has 240 valence electrons. The predicted octanol–water partition coefficient (Wildman–Crippen LogP) is 6.41. The molecule has 7 nitrogen and oxygen atoms in total. The van der Waals surface area contributed by atoms with Gasteiger partial charge in [-0.2, -0.15) is 0 Å². The van der Waals surface area contributed by atoms with Crippen molar-refractivity contribution in [1.82, 2.24) is 0 Å². The van der Waals surface area contributed by atoms with Gasteiger partial charge in [0.25, 0.3) is 0 Å². The maximum Gasteiger partial charge on any atom is 0.335 e. The van der Waals surface area contributed by atoms with Crippen LogP contribution in [0.1, 0.15) is 56.9 Å². The van der Waals surface area contributed by atoms with Gasteiger partial charge >= 0.3 is 11.9 Å². The first-order chi connectivity index (χ1) is 21.3. The fourth-order valence-corrected chi connectivity index (χ4v) is 5.39. The van der Waals surface area contributed by atoms with Gasteiger partial charge in [-0.1, -0.05) is 88.1 Å². The number of hydrogen-bond acceptors (Lipinski definition) is 7. The number of carbonyl (C=O) groups excluding carboxylic acids is 2. The van der Waals surface area contributed by atoms with E-state index in [4.69, 9.17) is 24.4 Å². The second-order valence-electron chi connectivity index (χ2n) is 11.7. The van der Waals surface area contributed by atoms with E-state index < -0.39 is 31.1 Å². The molecule has 8 heteroatoms. The van der Waals surface area contributed by atoms with Crippen molar-refractivity contribution in [2.45, 2.75) is 57.8 Å². The molecule has 1 saturated carbocycles. The van der Waals surface area contributed by atoms with Gasteiger partial charge in [0.05, 0.1) is 43.6 Å². The zero-order valence-corrected chi connectivity index (χ0v) is 25.7. The summed E-state index contributed by atoms with van der Waals surface area (Å²) in [6.07, 6.45) is 10.4. The molecule has 0 aliphatic heterocycles. The number of halogens is 1. The average molecular weight is 611 g/mol. The van der Waals surface area contributed by atoms with Crippen LogP contribution in [-0.2, 0) is 25.5 Å². The molecule has 0 saturated heterocycles. The van der Waals surface area contributed by atoms with Crippen molar-refractivity contribution in [3.8, 4) is 16.9 Å². The Hall–Kier alpha value is -3.49. The lowest BCUT2D eigenvalue weighted by atomic mass is 9.78. The minimum Gasteiger partial charge on any atom is -0.493 e. The third-order valence-corrected chi connectivity index (χ3v) is 8.29. The van der Waals surface area contributed by atoms with Crippen molar-refractivity contribution in [2.24, 2.45) is 17.8 Å². The summed E-state index contributed by atoms with van der Waals surface area (Å²) in [6.45, 7) is 5.50. The number of esters is 2. The highest BCUT2D eigenvalue weighted by molar-refractivity contribution is 5.88. The van der Waals surface area contributed by atoms with Gasteiger partial charge in [-0.05, 0) is 59.9 Å². The number of unbranched alkanes of at least 4 members (excludes halogenated alkanes) is 1. The number of hydrogen-bond donors (Lipinski definition) is 2. The molecule has 0 bridgehead atoms. The summed E-state index contributed by atoms with van der Waals surface area (Å²) < 4.78 is 28.6. The van der Waals surface area contributed by atoms with Crippen LogP contribution in [0.25, 0.3) is 11.1 Å². The Balaban J connectivity index is 1.47. The van der Waals surface area contributed by atoms with Gasteiger partial charge < -0.3 is 24.4 Å². The maximum atomic E-state index is 12.4. The summed E-state index contributed by atoms with van der Waals surface area (Å²) in [5.74, 6) is 0.188. The van der Waals surface area contributed by atoms with Gasteiger partial charge in [-0.25, -0.2) is 9.59 Å². The van der Waals surface area contributed by atoms with E-state index in [1.807, 2.05) is 24.3 Å². The quantitative estimate of drug-likeness (QED) is 0.108. The number of alkyl halides is 1. The number of aliphatic hydroxyl groups is 2. The Labute approximate surface area is 260 Å². The fourth-order valence-electron chi connectivity index (χ4n) is 5.39. The van der Waals surface area contributed by atoms with Crippen molar-refractivity contribution in [2.75, 3.05) is 39.7 Å². The van der Waals surface area contributed by atoms with E-state index >= 15 is 0 Å². The van der Waals surface area contributed by atoms with E-state index in [2.05, 4.69) is 37.4 Å². The van der Waals surface area contributed by atoms with Gasteiger partial charge in [0.1, 0.15) is 19.0 Å². The number of benzene rings is 2. The summed E-state index contributed by atoms with van der Waals surface area (Å²) in [7, 11) is 0. The molecule has 1 aliphatic carbocycles. The maximum absolute atomic E-state index is 12.4. The lowest BCUT2D eigenvalue weighted by molar-refractivity contribution is -0.145. The molecule has 1 fully saturated rings. The Morgan fingerprint density at radius 1 is 0.750 bits per heavy atom. The summed E-state index contributed by atoms with van der Waals surface area (Å²) in [6, 6.07) is 16.3. The Kier molecular flexibility index (Phi) is 15.1. The van der Waals surface area contributed by atoms with Gasteiger partial charge in [0, 0.05) is 0 Å². The van der Waals surface area contributed by atoms with Crippen molar-refractivity contribution < 1.29 is 38.4 Å². The zero-order valence-electron chi connectivity index (χ0n) is 25.7. The van der Waals surface area contributed by atoms with E-state index in [1.54, 1.807) is 0 Å². The van der Waals surface area contributed by atoms with Crippen LogP contribution in [0.4, 0.5) is 4.39 Å². The van der Waals surface area contributed by atoms with Gasteiger partial charge in [-0.3, -0.25) is 4.39 Å². The van der Waals surface area contributed by atoms with Crippen molar-refractivity contribution >= 4 is 11.9 Å². The van der Waals surface area contributed by atoms with Crippen LogP contribution in [0.3, 0.4) is 0 Å². The van der Waals surface area contributed by atoms with Gasteiger partial charge in [0.15, 0.2) is 0 Å². The van der Waals surface area contributed by atoms with Crippen LogP contribution >= 0.6 is 0 Å². The first kappa shape index (κ1) is 35.0. The normalized spacial score (nSPS) is 16.4. The lowest BCUT2D eigenvalue weighted by Gasteiger charge is -2.28. The average Bonchev–Trinajstić information content (AvgIpc) is 3.07. The van der Waals surface area contributed by atoms with Gasteiger partial charge in [0.2, 0.25) is 0 Å². The van der Waals surface area contributed by atoms with E-state index in [-0.39, 0.29) is 37.6 Å². The van der Waals surface area contributed by atoms with Crippen LogP contribution in [0.5, 0.6) is 5.75 Å². The summed E-state index contributed by atoms with van der Waals surface area (Å²) in [5.41, 5.74) is 3.34. The first-order valence-electron chi connectivity index (χ1n) is 15.6. The minimum absolute atomic E-state index is 0.0835. The molecule has 2 aromatic carbocycles. The van der Waals surface area contributed by atoms with E-state index in [1.165, 1.54) is 44.1 Å². The molecule has 0 spiro atoms. The number of aryl methyl sites for hydroxylation is 1. The van der Waals surface area contributed by atoms with Crippen LogP contribution in [-0.4, -0.2) is 61.9 Å². The van der Waals surface area contributed by atoms with Gasteiger partial charge in [-0.15, -0.1) is 0 Å². The standard InChI is InChI=1S/C36H47FO7/c1-26(21-38)35(40)43-24-31(25-44-36(41)27(2)22-39)23-42-34-18-16-33(17-19-34)32-14-12-30(13-15-32)11-10-29-8-6-28(7-9-29)5-3-4-20-37/h12-19,28-29,31,38-39H,1-11,20-25H2. The predicted molar refractivity (Wildman–Crippen MR) is 169 cm³/mol. The molecule has 0 heterocycles. The number of carbonyl (C=O) groups is 2. The van der Waals surface area contributed by atoms with Crippen LogP contribution in [0.15, 0.2) is 72.8 Å². The molecule has 3 rings (SSSR count). The third-order valence-electron chi connectivity index (χ3n) is 8.29. The zero-order chi connectivity index (χ0) is 31.7. The number of ether oxygens (including phenoxy) is 3. The summed E-state index contributed by atoms with van der Waals surface area (Å²) in [4.78, 5) is 23.8. The van der Waals surface area contributed by atoms with E-state index in [0.717, 1.165) is 35.8 Å². The first-order valence-corrected chi connectivity index (χ1v) is 15.6. The lowest BCUT2D eigenvalue weighted by Crippen LogP contribution is -2.27. The largest absolute Gasteiger partial charge is 0.493 e. The Morgan fingerprint density at radius 2 is 1.25 bits per heavy atom. The monoisotopic (exact) mass is 610 g/mol. The molecule has 0 aromatic heterocycles. The summed E-state index contributed by atoms with van der Waals surface area (Å²) >= 11 is 0. The third kappa shape index (κ3) is 11.9. The topological polar surface area (TPSA) is 102 Å². The van der Waals surface area contributed by atoms with Crippen molar-refractivity contribution in [1.29, 1.82) is 0 Å². The highest BCUT2D eigenvalue weighted by Gasteiger charge is 2.21. The SMILES string of the molecule is C=C(CO)C(=O)OCC(COC(=O)C(=C)CO)COc1ccc(-c2ccc(CCC3CCC(CCCCF)CC3)cc2)cc1. The second kappa shape index (κ2) is 19.0. The minimum atomic E-state index is -0.746. The molecule has 0 atom stereocenters. The highest BCUT2D eigenvalue weighted by Crippen LogP contribution is 2.34. The Morgan fingerprint density at radius 3 is 1.75 bits per heavy atom. The molecular weight excluding hydrogens is 563 g/mol. The van der Waals surface area contributed by atoms with Crippen LogP contribution in [0, 0.1) is 17.8 Å². The number of rotatable bonds is 19. The van der Waals surface area contributed by atoms with Crippen molar-refractivity contribution in [3.05, 3.63) is 78.4 Å². The molecule has 0 radical (unpaired) electrons. The molecule has 2 N–H and O–H groups in total. The highest BCUT2D eigenvalue weighted by atomic mass is 19.1. The molecule has 2 aromatic rings. The van der Waals surface area contributed by atoms with Crippen LogP contribution in [0.2, 0.25) is 0 Å². The molecule has 1 aliphatic rings. The fraction of sp³-hybridized carbons (Fsp3) is 0.500. The molecule has 0 amide bonds. The Bertz CT molecular complexity index is 1150. The molecule has 0 unspecified atom stereocenters. The van der Waals surface area contributed by atoms with E-state index in [0.29, 0.717) is 12.2 Å². The number of aliphatic hydroxyl groups excluding tert-OH is 2. The van der Waals surface area contributed by atoms with Crippen molar-refractivity contribution in [3.63, 3.8) is 0 Å². The molecule has 44 heavy (non-hydrogen) atoms. The van der Waals surface area contributed by atoms with Crippen LogP contribution < -0.4 is 4.74 Å². The second-order valence-corrected chi connectivity index (χ2v) is 11.7. The van der Waals surface area contributed by atoms with E-state index in [9.17, 15) is 14.0 Å². The smallest absolute Gasteiger partial charge is 0.335 e.